The number of ether oxygens (including phenoxy) is 2. The fraction of sp³-hybridized carbons (Fsp3) is 0.182. The Bertz CT molecular complexity index is 1170. The van der Waals surface area contributed by atoms with Crippen molar-refractivity contribution in [2.75, 3.05) is 19.0 Å². The van der Waals surface area contributed by atoms with Crippen LogP contribution in [-0.4, -0.2) is 33.7 Å². The molecule has 2 aromatic heterocycles. The largest absolute Gasteiger partial charge is 0.497 e. The predicted molar refractivity (Wildman–Crippen MR) is 110 cm³/mol. The third-order valence-electron chi connectivity index (χ3n) is 4.98. The van der Waals surface area contributed by atoms with Crippen molar-refractivity contribution in [2.45, 2.75) is 12.3 Å². The molecular formula is C22H19N5O2. The van der Waals surface area contributed by atoms with Gasteiger partial charge < -0.3 is 14.8 Å². The zero-order valence-electron chi connectivity index (χ0n) is 15.9. The zero-order chi connectivity index (χ0) is 19.6. The molecule has 0 radical (unpaired) electrons. The molecule has 7 heteroatoms. The quantitative estimate of drug-likeness (QED) is 0.571. The summed E-state index contributed by atoms with van der Waals surface area (Å²) in [6.07, 6.45) is 5.73. The second kappa shape index (κ2) is 7.35. The van der Waals surface area contributed by atoms with E-state index >= 15 is 0 Å². The van der Waals surface area contributed by atoms with E-state index in [0.717, 1.165) is 51.7 Å². The molecule has 5 rings (SSSR count). The highest BCUT2D eigenvalue weighted by Gasteiger charge is 2.25. The van der Waals surface area contributed by atoms with Gasteiger partial charge in [0, 0.05) is 5.39 Å². The molecule has 7 nitrogen and oxygen atoms in total. The number of hydrogen-bond donors (Lipinski definition) is 1. The summed E-state index contributed by atoms with van der Waals surface area (Å²) >= 11 is 0. The highest BCUT2D eigenvalue weighted by Crippen LogP contribution is 2.35. The van der Waals surface area contributed by atoms with Crippen LogP contribution in [0.15, 0.2) is 61.2 Å². The number of fused-ring (bicyclic) bond motifs is 2. The van der Waals surface area contributed by atoms with Crippen LogP contribution in [0, 0.1) is 0 Å². The lowest BCUT2D eigenvalue weighted by molar-refractivity contribution is 0.257. The van der Waals surface area contributed by atoms with Crippen LogP contribution in [-0.2, 0) is 6.42 Å². The topological polar surface area (TPSA) is 82.0 Å². The van der Waals surface area contributed by atoms with Gasteiger partial charge in [0.05, 0.1) is 43.2 Å². The first-order valence-corrected chi connectivity index (χ1v) is 9.38. The van der Waals surface area contributed by atoms with Gasteiger partial charge in [0.2, 0.25) is 0 Å². The second-order valence-corrected chi connectivity index (χ2v) is 6.89. The van der Waals surface area contributed by atoms with E-state index in [0.29, 0.717) is 6.61 Å². The van der Waals surface area contributed by atoms with Crippen LogP contribution >= 0.6 is 0 Å². The lowest BCUT2D eigenvalue weighted by atomic mass is 9.95. The van der Waals surface area contributed by atoms with Crippen LogP contribution < -0.4 is 14.8 Å². The zero-order valence-corrected chi connectivity index (χ0v) is 15.9. The molecule has 0 spiro atoms. The summed E-state index contributed by atoms with van der Waals surface area (Å²) in [6.45, 7) is 0.533. The van der Waals surface area contributed by atoms with Crippen LogP contribution in [0.2, 0.25) is 0 Å². The first kappa shape index (κ1) is 17.4. The van der Waals surface area contributed by atoms with Crippen molar-refractivity contribution in [2.24, 2.45) is 0 Å². The molecule has 1 N–H and O–H groups in total. The molecule has 2 aromatic carbocycles. The van der Waals surface area contributed by atoms with Crippen molar-refractivity contribution in [1.29, 1.82) is 0 Å². The fourth-order valence-electron chi connectivity index (χ4n) is 3.54. The Morgan fingerprint density at radius 1 is 1.07 bits per heavy atom. The average Bonchev–Trinajstić information content (AvgIpc) is 2.79. The van der Waals surface area contributed by atoms with Crippen molar-refractivity contribution >= 4 is 22.4 Å². The first-order valence-electron chi connectivity index (χ1n) is 9.38. The van der Waals surface area contributed by atoms with Gasteiger partial charge in [-0.1, -0.05) is 12.1 Å². The van der Waals surface area contributed by atoms with Crippen molar-refractivity contribution in [3.05, 3.63) is 72.6 Å². The fourth-order valence-corrected chi connectivity index (χ4v) is 3.54. The predicted octanol–water partition coefficient (Wildman–Crippen LogP) is 3.89. The highest BCUT2D eigenvalue weighted by atomic mass is 16.5. The normalized spacial score (nSPS) is 15.4. The summed E-state index contributed by atoms with van der Waals surface area (Å²) in [6, 6.07) is 13.8. The maximum Gasteiger partial charge on any atom is 0.142 e. The molecule has 0 saturated carbocycles. The molecule has 29 heavy (non-hydrogen) atoms. The molecule has 1 unspecified atom stereocenters. The molecular weight excluding hydrogens is 366 g/mol. The molecule has 0 aliphatic carbocycles. The van der Waals surface area contributed by atoms with Crippen molar-refractivity contribution in [3.8, 4) is 11.5 Å². The number of anilines is 2. The lowest BCUT2D eigenvalue weighted by Crippen LogP contribution is -2.21. The van der Waals surface area contributed by atoms with E-state index in [4.69, 9.17) is 19.4 Å². The number of nitrogens with zero attached hydrogens (tertiary/aromatic N) is 4. The number of aromatic nitrogens is 4. The minimum Gasteiger partial charge on any atom is -0.497 e. The van der Waals surface area contributed by atoms with Gasteiger partial charge in [-0.15, -0.1) is 0 Å². The Morgan fingerprint density at radius 2 is 1.93 bits per heavy atom. The van der Waals surface area contributed by atoms with Crippen molar-refractivity contribution in [1.82, 2.24) is 19.9 Å². The van der Waals surface area contributed by atoms with Crippen LogP contribution in [0.25, 0.3) is 10.9 Å². The minimum absolute atomic E-state index is 0.0479. The van der Waals surface area contributed by atoms with Gasteiger partial charge in [-0.05, 0) is 42.3 Å². The molecule has 1 aliphatic heterocycles. The molecule has 0 bridgehead atoms. The number of para-hydroxylation sites is 1. The van der Waals surface area contributed by atoms with E-state index in [-0.39, 0.29) is 5.92 Å². The Balaban J connectivity index is 1.53. The van der Waals surface area contributed by atoms with Crippen LogP contribution in [0.4, 0.5) is 11.5 Å². The van der Waals surface area contributed by atoms with E-state index in [2.05, 4.69) is 15.3 Å². The summed E-state index contributed by atoms with van der Waals surface area (Å²) < 4.78 is 11.3. The van der Waals surface area contributed by atoms with Crippen LogP contribution in [0.1, 0.15) is 17.3 Å². The second-order valence-electron chi connectivity index (χ2n) is 6.89. The first-order chi connectivity index (χ1) is 14.3. The van der Waals surface area contributed by atoms with E-state index in [1.165, 1.54) is 6.33 Å². The summed E-state index contributed by atoms with van der Waals surface area (Å²) in [5.74, 6) is 3.24. The summed E-state index contributed by atoms with van der Waals surface area (Å²) in [4.78, 5) is 17.8. The standard InChI is InChI=1S/C22H19N5O2/c1-28-17-6-7-20-14(9-17)8-15(12-29-20)21-26-19-5-3-2-4-18(19)22(27-21)25-16-10-23-13-24-11-16/h2-7,9-11,13,15H,8,12H2,1H3,(H,25,26,27). The van der Waals surface area contributed by atoms with Gasteiger partial charge in [-0.3, -0.25) is 0 Å². The van der Waals surface area contributed by atoms with Crippen LogP contribution in [0.3, 0.4) is 0 Å². The summed E-state index contributed by atoms with van der Waals surface area (Å²) in [5, 5.41) is 4.27. The maximum atomic E-state index is 5.98. The number of benzene rings is 2. The van der Waals surface area contributed by atoms with Crippen molar-refractivity contribution < 1.29 is 9.47 Å². The molecule has 0 fully saturated rings. The SMILES string of the molecule is COc1ccc2c(c1)CC(c1nc(Nc3cncnc3)c3ccccc3n1)CO2. The number of methoxy groups -OCH3 is 1. The molecule has 0 saturated heterocycles. The number of rotatable bonds is 4. The molecule has 3 heterocycles. The van der Waals surface area contributed by atoms with Crippen LogP contribution in [0.5, 0.6) is 11.5 Å². The monoisotopic (exact) mass is 385 g/mol. The van der Waals surface area contributed by atoms with Gasteiger partial charge >= 0.3 is 0 Å². The average molecular weight is 385 g/mol. The number of hydrogen-bond acceptors (Lipinski definition) is 7. The Morgan fingerprint density at radius 3 is 2.79 bits per heavy atom. The van der Waals surface area contributed by atoms with Gasteiger partial charge in [0.15, 0.2) is 0 Å². The van der Waals surface area contributed by atoms with E-state index in [1.807, 2.05) is 42.5 Å². The third kappa shape index (κ3) is 3.42. The molecule has 1 atom stereocenters. The highest BCUT2D eigenvalue weighted by molar-refractivity contribution is 5.90. The van der Waals surface area contributed by atoms with Gasteiger partial charge in [-0.25, -0.2) is 19.9 Å². The Labute approximate surface area is 167 Å². The summed E-state index contributed by atoms with van der Waals surface area (Å²) in [5.41, 5.74) is 2.76. The Hall–Kier alpha value is -3.74. The van der Waals surface area contributed by atoms with E-state index in [9.17, 15) is 0 Å². The van der Waals surface area contributed by atoms with E-state index < -0.39 is 0 Å². The van der Waals surface area contributed by atoms with Gasteiger partial charge in [0.25, 0.3) is 0 Å². The summed E-state index contributed by atoms with van der Waals surface area (Å²) in [7, 11) is 1.67. The lowest BCUT2D eigenvalue weighted by Gasteiger charge is -2.25. The molecule has 1 aliphatic rings. The van der Waals surface area contributed by atoms with Gasteiger partial charge in [0.1, 0.15) is 29.5 Å². The maximum absolute atomic E-state index is 5.98. The molecule has 4 aromatic rings. The molecule has 0 amide bonds. The molecule has 144 valence electrons. The Kier molecular flexibility index (Phi) is 4.40. The van der Waals surface area contributed by atoms with Gasteiger partial charge in [-0.2, -0.15) is 0 Å². The number of nitrogens with one attached hydrogen (secondary N) is 1. The van der Waals surface area contributed by atoms with E-state index in [1.54, 1.807) is 19.5 Å². The van der Waals surface area contributed by atoms with Crippen molar-refractivity contribution in [3.63, 3.8) is 0 Å². The smallest absolute Gasteiger partial charge is 0.142 e. The third-order valence-corrected chi connectivity index (χ3v) is 4.98. The minimum atomic E-state index is 0.0479.